The van der Waals surface area contributed by atoms with Gasteiger partial charge in [-0.1, -0.05) is 12.1 Å². The molecule has 1 aliphatic rings. The monoisotopic (exact) mass is 282 g/mol. The highest BCUT2D eigenvalue weighted by molar-refractivity contribution is 5.85. The molecule has 0 aromatic heterocycles. The molecule has 0 amide bonds. The van der Waals surface area contributed by atoms with Crippen LogP contribution in [0.15, 0.2) is 5.16 Å². The maximum atomic E-state index is 12.1. The Labute approximate surface area is 110 Å². The van der Waals surface area contributed by atoms with Crippen molar-refractivity contribution in [1.82, 2.24) is 9.80 Å². The minimum atomic E-state index is -4.10. The van der Waals surface area contributed by atoms with Crippen molar-refractivity contribution in [3.05, 3.63) is 0 Å². The summed E-state index contributed by atoms with van der Waals surface area (Å²) < 4.78 is 36.4. The number of nitrogens with zero attached hydrogens (tertiary/aromatic N) is 3. The van der Waals surface area contributed by atoms with Crippen molar-refractivity contribution in [2.75, 3.05) is 32.7 Å². The van der Waals surface area contributed by atoms with Crippen molar-refractivity contribution in [2.24, 2.45) is 10.9 Å². The molecule has 0 saturated carbocycles. The quantitative estimate of drug-likeness (QED) is 0.343. The molecule has 0 bridgehead atoms. The van der Waals surface area contributed by atoms with E-state index >= 15 is 0 Å². The molecule has 1 unspecified atom stereocenters. The van der Waals surface area contributed by atoms with Gasteiger partial charge in [0.15, 0.2) is 5.84 Å². The molecule has 0 aromatic rings. The molecule has 3 N–H and O–H groups in total. The lowest BCUT2D eigenvalue weighted by Crippen LogP contribution is -2.54. The minimum Gasteiger partial charge on any atom is -0.409 e. The fourth-order valence-electron chi connectivity index (χ4n) is 2.30. The van der Waals surface area contributed by atoms with Crippen LogP contribution >= 0.6 is 0 Å². The number of alkyl halides is 3. The van der Waals surface area contributed by atoms with Gasteiger partial charge in [0.2, 0.25) is 0 Å². The SMILES string of the molecule is CCC(C(N)=NO)N1CCN(CCC(F)(F)F)CC1. The lowest BCUT2D eigenvalue weighted by atomic mass is 10.1. The van der Waals surface area contributed by atoms with Crippen molar-refractivity contribution in [3.63, 3.8) is 0 Å². The highest BCUT2D eigenvalue weighted by atomic mass is 19.4. The second kappa shape index (κ2) is 6.95. The number of nitrogens with two attached hydrogens (primary N) is 1. The van der Waals surface area contributed by atoms with E-state index in [1.165, 1.54) is 0 Å². The van der Waals surface area contributed by atoms with Crippen LogP contribution in [0.1, 0.15) is 19.8 Å². The van der Waals surface area contributed by atoms with Crippen molar-refractivity contribution < 1.29 is 18.4 Å². The third kappa shape index (κ3) is 5.23. The Morgan fingerprint density at radius 3 is 2.32 bits per heavy atom. The van der Waals surface area contributed by atoms with E-state index in [0.29, 0.717) is 32.6 Å². The van der Waals surface area contributed by atoms with Crippen LogP contribution in [0.4, 0.5) is 13.2 Å². The lowest BCUT2D eigenvalue weighted by molar-refractivity contribution is -0.138. The largest absolute Gasteiger partial charge is 0.409 e. The third-order valence-electron chi connectivity index (χ3n) is 3.40. The van der Waals surface area contributed by atoms with Crippen LogP contribution in [0, 0.1) is 0 Å². The third-order valence-corrected chi connectivity index (χ3v) is 3.40. The number of rotatable bonds is 5. The first-order valence-corrected chi connectivity index (χ1v) is 6.38. The molecule has 1 aliphatic heterocycles. The van der Waals surface area contributed by atoms with Gasteiger partial charge in [-0.3, -0.25) is 4.90 Å². The molecule has 112 valence electrons. The van der Waals surface area contributed by atoms with Crippen LogP contribution in [0.25, 0.3) is 0 Å². The Hall–Kier alpha value is -1.02. The van der Waals surface area contributed by atoms with Crippen LogP contribution in [-0.4, -0.2) is 65.8 Å². The smallest absolute Gasteiger partial charge is 0.390 e. The predicted octanol–water partition coefficient (Wildman–Crippen LogP) is 1.08. The molecule has 0 aromatic carbocycles. The standard InChI is InChI=1S/C11H21F3N4O/c1-2-9(10(15)16-19)18-7-5-17(6-8-18)4-3-11(12,13)14/h9,19H,2-8H2,1H3,(H2,15,16). The Morgan fingerprint density at radius 2 is 1.89 bits per heavy atom. The Kier molecular flexibility index (Phi) is 5.86. The number of hydrogen-bond donors (Lipinski definition) is 2. The molecule has 0 spiro atoms. The number of piperazine rings is 1. The van der Waals surface area contributed by atoms with Gasteiger partial charge < -0.3 is 15.8 Å². The lowest BCUT2D eigenvalue weighted by Gasteiger charge is -2.38. The Balaban J connectivity index is 2.40. The molecule has 1 rings (SSSR count). The first kappa shape index (κ1) is 16.0. The summed E-state index contributed by atoms with van der Waals surface area (Å²) in [4.78, 5) is 3.84. The van der Waals surface area contributed by atoms with Gasteiger partial charge in [-0.25, -0.2) is 0 Å². The van der Waals surface area contributed by atoms with Gasteiger partial charge in [0.25, 0.3) is 0 Å². The molecule has 1 atom stereocenters. The second-order valence-corrected chi connectivity index (χ2v) is 4.69. The first-order valence-electron chi connectivity index (χ1n) is 6.38. The fraction of sp³-hybridized carbons (Fsp3) is 0.909. The molecule has 5 nitrogen and oxygen atoms in total. The van der Waals surface area contributed by atoms with Gasteiger partial charge in [-0.15, -0.1) is 0 Å². The Morgan fingerprint density at radius 1 is 1.32 bits per heavy atom. The van der Waals surface area contributed by atoms with Gasteiger partial charge in [0.1, 0.15) is 0 Å². The molecule has 0 radical (unpaired) electrons. The molecule has 1 saturated heterocycles. The average molecular weight is 282 g/mol. The van der Waals surface area contributed by atoms with E-state index in [1.807, 2.05) is 11.8 Å². The number of amidine groups is 1. The summed E-state index contributed by atoms with van der Waals surface area (Å²) in [7, 11) is 0. The molecule has 1 heterocycles. The van der Waals surface area contributed by atoms with E-state index in [4.69, 9.17) is 10.9 Å². The molecule has 19 heavy (non-hydrogen) atoms. The maximum Gasteiger partial charge on any atom is 0.390 e. The van der Waals surface area contributed by atoms with Gasteiger partial charge in [-0.05, 0) is 6.42 Å². The molecule has 0 aliphatic carbocycles. The second-order valence-electron chi connectivity index (χ2n) is 4.69. The number of hydrogen-bond acceptors (Lipinski definition) is 4. The van der Waals surface area contributed by atoms with Crippen molar-refractivity contribution in [2.45, 2.75) is 32.0 Å². The molecular formula is C11H21F3N4O. The summed E-state index contributed by atoms with van der Waals surface area (Å²) in [6, 6.07) is -0.144. The van der Waals surface area contributed by atoms with Crippen LogP contribution in [-0.2, 0) is 0 Å². The van der Waals surface area contributed by atoms with Crippen LogP contribution in [0.3, 0.4) is 0 Å². The Bertz CT molecular complexity index is 301. The van der Waals surface area contributed by atoms with Gasteiger partial charge in [-0.2, -0.15) is 13.2 Å². The molecule has 1 fully saturated rings. The van der Waals surface area contributed by atoms with E-state index in [-0.39, 0.29) is 18.4 Å². The van der Waals surface area contributed by atoms with Gasteiger partial charge >= 0.3 is 6.18 Å². The van der Waals surface area contributed by atoms with Crippen molar-refractivity contribution in [3.8, 4) is 0 Å². The van der Waals surface area contributed by atoms with Crippen LogP contribution in [0.5, 0.6) is 0 Å². The van der Waals surface area contributed by atoms with Crippen LogP contribution in [0.2, 0.25) is 0 Å². The summed E-state index contributed by atoms with van der Waals surface area (Å²) in [6.07, 6.45) is -4.17. The number of halogens is 3. The zero-order valence-corrected chi connectivity index (χ0v) is 11.0. The first-order chi connectivity index (χ1) is 8.87. The minimum absolute atomic E-state index is 0.0394. The van der Waals surface area contributed by atoms with E-state index in [0.717, 1.165) is 0 Å². The highest BCUT2D eigenvalue weighted by Gasteiger charge is 2.30. The predicted molar refractivity (Wildman–Crippen MR) is 66.2 cm³/mol. The van der Waals surface area contributed by atoms with Gasteiger partial charge in [0.05, 0.1) is 12.5 Å². The normalized spacial score (nSPS) is 21.6. The average Bonchev–Trinajstić information content (AvgIpc) is 2.37. The summed E-state index contributed by atoms with van der Waals surface area (Å²) in [5.74, 6) is 0.159. The fourth-order valence-corrected chi connectivity index (χ4v) is 2.30. The highest BCUT2D eigenvalue weighted by Crippen LogP contribution is 2.20. The summed E-state index contributed by atoms with van der Waals surface area (Å²) >= 11 is 0. The van der Waals surface area contributed by atoms with Gasteiger partial charge in [0, 0.05) is 32.7 Å². The topological polar surface area (TPSA) is 65.1 Å². The van der Waals surface area contributed by atoms with Crippen LogP contribution < -0.4 is 5.73 Å². The summed E-state index contributed by atoms with van der Waals surface area (Å²) in [5.41, 5.74) is 5.60. The van der Waals surface area contributed by atoms with E-state index < -0.39 is 12.6 Å². The zero-order chi connectivity index (χ0) is 14.5. The molecule has 8 heteroatoms. The zero-order valence-electron chi connectivity index (χ0n) is 11.0. The summed E-state index contributed by atoms with van der Waals surface area (Å²) in [6.45, 7) is 4.38. The summed E-state index contributed by atoms with van der Waals surface area (Å²) in [5, 5.41) is 11.7. The molecular weight excluding hydrogens is 261 g/mol. The maximum absolute atomic E-state index is 12.1. The van der Waals surface area contributed by atoms with Crippen molar-refractivity contribution >= 4 is 5.84 Å². The van der Waals surface area contributed by atoms with E-state index in [2.05, 4.69) is 5.16 Å². The van der Waals surface area contributed by atoms with E-state index in [1.54, 1.807) is 4.90 Å². The van der Waals surface area contributed by atoms with Crippen molar-refractivity contribution in [1.29, 1.82) is 0 Å². The van der Waals surface area contributed by atoms with E-state index in [9.17, 15) is 13.2 Å². The number of oxime groups is 1.